The smallest absolute Gasteiger partial charge is 0.266 e. The lowest BCUT2D eigenvalue weighted by atomic mass is 10.1. The predicted octanol–water partition coefficient (Wildman–Crippen LogP) is 2.74. The minimum Gasteiger partial charge on any atom is -0.266 e. The lowest BCUT2D eigenvalue weighted by Gasteiger charge is -1.95. The Hall–Kier alpha value is -2.31. The number of aryl methyl sites for hydroxylation is 1. The van der Waals surface area contributed by atoms with Gasteiger partial charge in [0.2, 0.25) is 4.96 Å². The van der Waals surface area contributed by atoms with Gasteiger partial charge >= 0.3 is 0 Å². The Kier molecular flexibility index (Phi) is 3.13. The third kappa shape index (κ3) is 2.26. The van der Waals surface area contributed by atoms with Crippen molar-refractivity contribution in [3.05, 3.63) is 67.1 Å². The summed E-state index contributed by atoms with van der Waals surface area (Å²) < 4.78 is 2.05. The first-order valence-corrected chi connectivity index (χ1v) is 8.42. The van der Waals surface area contributed by atoms with E-state index >= 15 is 0 Å². The molecular formula is C16H11N3OS2. The fraction of sp³-hybridized carbons (Fsp3) is 0.0625. The maximum atomic E-state index is 12.4. The largest absolute Gasteiger partial charge is 0.291 e. The minimum absolute atomic E-state index is 0.111. The number of thiazole rings is 1. The molecule has 4 aromatic rings. The molecule has 0 aliphatic rings. The molecule has 0 atom stereocenters. The van der Waals surface area contributed by atoms with E-state index in [-0.39, 0.29) is 5.56 Å². The van der Waals surface area contributed by atoms with Crippen LogP contribution in [-0.4, -0.2) is 14.6 Å². The quantitative estimate of drug-likeness (QED) is 0.569. The normalized spacial score (nSPS) is 12.3. The lowest BCUT2D eigenvalue weighted by Crippen LogP contribution is -2.23. The maximum absolute atomic E-state index is 12.4. The highest BCUT2D eigenvalue weighted by Gasteiger charge is 2.11. The molecule has 0 aliphatic heterocycles. The molecular weight excluding hydrogens is 314 g/mol. The van der Waals surface area contributed by atoms with Gasteiger partial charge in [-0.25, -0.2) is 0 Å². The zero-order valence-corrected chi connectivity index (χ0v) is 13.3. The summed E-state index contributed by atoms with van der Waals surface area (Å²) >= 11 is 2.97. The van der Waals surface area contributed by atoms with Crippen molar-refractivity contribution in [1.29, 1.82) is 0 Å². The second-order valence-corrected chi connectivity index (χ2v) is 6.92. The van der Waals surface area contributed by atoms with E-state index in [1.165, 1.54) is 15.9 Å². The predicted molar refractivity (Wildman–Crippen MR) is 90.4 cm³/mol. The topological polar surface area (TPSA) is 47.3 Å². The third-order valence-electron chi connectivity index (χ3n) is 3.27. The first-order valence-electron chi connectivity index (χ1n) is 6.72. The fourth-order valence-electron chi connectivity index (χ4n) is 2.24. The average Bonchev–Trinajstić information content (AvgIpc) is 3.20. The molecule has 0 aliphatic carbocycles. The van der Waals surface area contributed by atoms with Crippen LogP contribution in [0.1, 0.15) is 10.4 Å². The van der Waals surface area contributed by atoms with E-state index in [0.717, 1.165) is 16.0 Å². The van der Waals surface area contributed by atoms with E-state index in [0.29, 0.717) is 15.3 Å². The number of hydrogen-bond acceptors (Lipinski definition) is 5. The molecule has 0 N–H and O–H groups in total. The van der Waals surface area contributed by atoms with Gasteiger partial charge in [-0.3, -0.25) is 4.79 Å². The van der Waals surface area contributed by atoms with Crippen LogP contribution in [-0.2, 0) is 0 Å². The van der Waals surface area contributed by atoms with Gasteiger partial charge in [0.1, 0.15) is 0 Å². The Labute approximate surface area is 134 Å². The summed E-state index contributed by atoms with van der Waals surface area (Å²) in [4.78, 5) is 18.6. The van der Waals surface area contributed by atoms with Crippen LogP contribution in [0.3, 0.4) is 0 Å². The molecule has 0 spiro atoms. The van der Waals surface area contributed by atoms with Gasteiger partial charge in [0.05, 0.1) is 4.53 Å². The Morgan fingerprint density at radius 3 is 2.86 bits per heavy atom. The second-order valence-electron chi connectivity index (χ2n) is 4.93. The molecule has 4 nitrogen and oxygen atoms in total. The monoisotopic (exact) mass is 325 g/mol. The van der Waals surface area contributed by atoms with Gasteiger partial charge in [-0.1, -0.05) is 41.2 Å². The van der Waals surface area contributed by atoms with Crippen molar-refractivity contribution in [2.45, 2.75) is 6.92 Å². The molecule has 22 heavy (non-hydrogen) atoms. The molecule has 3 heterocycles. The Morgan fingerprint density at radius 1 is 1.23 bits per heavy atom. The molecule has 108 valence electrons. The number of benzene rings is 1. The molecule has 0 radical (unpaired) electrons. The minimum atomic E-state index is -0.111. The molecule has 4 rings (SSSR count). The van der Waals surface area contributed by atoms with Crippen molar-refractivity contribution in [3.8, 4) is 11.4 Å². The highest BCUT2D eigenvalue weighted by molar-refractivity contribution is 7.15. The van der Waals surface area contributed by atoms with E-state index in [1.54, 1.807) is 11.3 Å². The first-order chi connectivity index (χ1) is 10.7. The van der Waals surface area contributed by atoms with Gasteiger partial charge in [-0.2, -0.15) is 9.50 Å². The van der Waals surface area contributed by atoms with Gasteiger partial charge in [0.15, 0.2) is 5.82 Å². The van der Waals surface area contributed by atoms with Gasteiger partial charge in [-0.05, 0) is 30.5 Å². The fourth-order valence-corrected chi connectivity index (χ4v) is 3.87. The summed E-state index contributed by atoms with van der Waals surface area (Å²) in [6.07, 6.45) is 1.89. The zero-order chi connectivity index (χ0) is 15.1. The van der Waals surface area contributed by atoms with Crippen molar-refractivity contribution < 1.29 is 0 Å². The van der Waals surface area contributed by atoms with Crippen LogP contribution in [0, 0.1) is 6.92 Å². The summed E-state index contributed by atoms with van der Waals surface area (Å²) in [6.45, 7) is 2.02. The zero-order valence-electron chi connectivity index (χ0n) is 11.7. The molecule has 0 unspecified atom stereocenters. The highest BCUT2D eigenvalue weighted by atomic mass is 32.1. The Morgan fingerprint density at radius 2 is 2.14 bits per heavy atom. The van der Waals surface area contributed by atoms with Crippen molar-refractivity contribution in [3.63, 3.8) is 0 Å². The van der Waals surface area contributed by atoms with E-state index in [9.17, 15) is 4.79 Å². The van der Waals surface area contributed by atoms with Crippen molar-refractivity contribution in [2.24, 2.45) is 0 Å². The first kappa shape index (κ1) is 13.4. The number of hydrogen-bond donors (Lipinski definition) is 0. The number of thiophene rings is 1. The van der Waals surface area contributed by atoms with Crippen LogP contribution in [0.5, 0.6) is 0 Å². The van der Waals surface area contributed by atoms with Crippen molar-refractivity contribution in [2.75, 3.05) is 0 Å². The van der Waals surface area contributed by atoms with E-state index < -0.39 is 0 Å². The van der Waals surface area contributed by atoms with Crippen LogP contribution >= 0.6 is 22.7 Å². The van der Waals surface area contributed by atoms with Gasteiger partial charge in [0, 0.05) is 10.4 Å². The summed E-state index contributed by atoms with van der Waals surface area (Å²) in [7, 11) is 0. The number of rotatable bonds is 2. The van der Waals surface area contributed by atoms with Gasteiger partial charge < -0.3 is 0 Å². The summed E-state index contributed by atoms with van der Waals surface area (Å²) in [5, 5.41) is 6.35. The summed E-state index contributed by atoms with van der Waals surface area (Å²) in [5.74, 6) is 0.592. The molecule has 0 amide bonds. The van der Waals surface area contributed by atoms with Crippen LogP contribution in [0.15, 0.2) is 46.6 Å². The van der Waals surface area contributed by atoms with E-state index in [1.807, 2.05) is 54.8 Å². The number of aromatic nitrogens is 3. The molecule has 0 saturated heterocycles. The molecule has 3 aromatic heterocycles. The van der Waals surface area contributed by atoms with Crippen LogP contribution in [0.4, 0.5) is 0 Å². The molecule has 6 heteroatoms. The van der Waals surface area contributed by atoms with Crippen molar-refractivity contribution in [1.82, 2.24) is 14.6 Å². The molecule has 0 saturated carbocycles. The maximum Gasteiger partial charge on any atom is 0.291 e. The van der Waals surface area contributed by atoms with Gasteiger partial charge in [-0.15, -0.1) is 16.4 Å². The van der Waals surface area contributed by atoms with Crippen LogP contribution < -0.4 is 10.1 Å². The number of fused-ring (bicyclic) bond motifs is 1. The standard InChI is InChI=1S/C16H11N3OS2/c1-10-4-2-5-11(8-10)14-17-16-19(18-14)15(20)13(22-16)9-12-6-3-7-21-12/h2-9H,1H3/b13-9-. The van der Waals surface area contributed by atoms with Crippen LogP contribution in [0.2, 0.25) is 0 Å². The highest BCUT2D eigenvalue weighted by Crippen LogP contribution is 2.17. The lowest BCUT2D eigenvalue weighted by molar-refractivity contribution is 0.937. The average molecular weight is 325 g/mol. The summed E-state index contributed by atoms with van der Waals surface area (Å²) in [6, 6.07) is 11.9. The van der Waals surface area contributed by atoms with Gasteiger partial charge in [0.25, 0.3) is 5.56 Å². The van der Waals surface area contributed by atoms with Crippen molar-refractivity contribution >= 4 is 33.7 Å². The third-order valence-corrected chi connectivity index (χ3v) is 5.05. The molecule has 0 bridgehead atoms. The Bertz CT molecular complexity index is 1060. The van der Waals surface area contributed by atoms with Crippen LogP contribution in [0.25, 0.3) is 22.4 Å². The SMILES string of the molecule is Cc1cccc(-c2nc3s/c(=C\c4cccs4)c(=O)n3n2)c1. The second kappa shape index (κ2) is 5.15. The van der Waals surface area contributed by atoms with E-state index in [2.05, 4.69) is 10.1 Å². The molecule has 1 aromatic carbocycles. The molecule has 0 fully saturated rings. The number of nitrogens with zero attached hydrogens (tertiary/aromatic N) is 3. The Balaban J connectivity index is 1.86. The van der Waals surface area contributed by atoms with E-state index in [4.69, 9.17) is 0 Å². The summed E-state index contributed by atoms with van der Waals surface area (Å²) in [5.41, 5.74) is 1.96.